The quantitative estimate of drug-likeness (QED) is 0.697. The first-order chi connectivity index (χ1) is 12.9. The van der Waals surface area contributed by atoms with Crippen LogP contribution in [0.15, 0.2) is 6.20 Å². The third-order valence-electron chi connectivity index (χ3n) is 4.60. The summed E-state index contributed by atoms with van der Waals surface area (Å²) in [5, 5.41) is 9.15. The molecule has 0 radical (unpaired) electrons. The summed E-state index contributed by atoms with van der Waals surface area (Å²) < 4.78 is 35.3. The number of nitrogens with zero attached hydrogens (tertiary/aromatic N) is 5. The van der Waals surface area contributed by atoms with Crippen LogP contribution >= 0.6 is 11.6 Å². The van der Waals surface area contributed by atoms with Crippen LogP contribution in [-0.4, -0.2) is 58.7 Å². The number of ether oxygens (including phenoxy) is 1. The zero-order valence-corrected chi connectivity index (χ0v) is 17.3. The van der Waals surface area contributed by atoms with Crippen LogP contribution in [0.4, 0.5) is 19.4 Å². The van der Waals surface area contributed by atoms with Crippen LogP contribution < -0.4 is 4.90 Å². The Morgan fingerprint density at radius 2 is 2.07 bits per heavy atom. The van der Waals surface area contributed by atoms with Crippen molar-refractivity contribution in [3.05, 3.63) is 17.0 Å². The molecule has 2 atom stereocenters. The van der Waals surface area contributed by atoms with Crippen molar-refractivity contribution in [1.29, 1.82) is 5.26 Å². The van der Waals surface area contributed by atoms with Crippen molar-refractivity contribution in [2.75, 3.05) is 19.0 Å². The Kier molecular flexibility index (Phi) is 6.34. The van der Waals surface area contributed by atoms with Gasteiger partial charge in [-0.3, -0.25) is 0 Å². The lowest BCUT2D eigenvalue weighted by atomic mass is 9.85. The molecule has 0 spiro atoms. The Morgan fingerprint density at radius 1 is 1.43 bits per heavy atom. The van der Waals surface area contributed by atoms with E-state index in [1.54, 1.807) is 20.8 Å². The third-order valence-corrected chi connectivity index (χ3v) is 4.78. The van der Waals surface area contributed by atoms with E-state index in [0.29, 0.717) is 6.42 Å². The van der Waals surface area contributed by atoms with Gasteiger partial charge in [0.05, 0.1) is 12.2 Å². The maximum atomic E-state index is 15.0. The van der Waals surface area contributed by atoms with Crippen LogP contribution in [0.25, 0.3) is 0 Å². The largest absolute Gasteiger partial charge is 0.444 e. The fourth-order valence-electron chi connectivity index (χ4n) is 3.38. The number of anilines is 1. The van der Waals surface area contributed by atoms with Crippen molar-refractivity contribution in [1.82, 2.24) is 14.9 Å². The Labute approximate surface area is 168 Å². The maximum absolute atomic E-state index is 15.0. The molecular formula is C18H24ClF2N5O2. The van der Waals surface area contributed by atoms with Crippen molar-refractivity contribution in [2.45, 2.75) is 63.6 Å². The van der Waals surface area contributed by atoms with Gasteiger partial charge < -0.3 is 14.5 Å². The van der Waals surface area contributed by atoms with E-state index in [1.807, 2.05) is 6.07 Å². The SMILES string of the molecule is CN(C(=O)OC(C)(C)C)C1CCCC(F)(F)C1N(C)c1nc(Cl)ncc1C#N. The Hall–Kier alpha value is -2.21. The number of amides is 1. The highest BCUT2D eigenvalue weighted by Gasteiger charge is 2.52. The normalized spacial score (nSPS) is 21.5. The van der Waals surface area contributed by atoms with Crippen LogP contribution in [0.3, 0.4) is 0 Å². The number of carbonyl (C=O) groups is 1. The fraction of sp³-hybridized carbons (Fsp3) is 0.667. The molecule has 0 N–H and O–H groups in total. The van der Waals surface area contributed by atoms with E-state index < -0.39 is 29.7 Å². The number of rotatable bonds is 3. The summed E-state index contributed by atoms with van der Waals surface area (Å²) in [6.07, 6.45) is 0.789. The minimum atomic E-state index is -3.11. The number of nitriles is 1. The van der Waals surface area contributed by atoms with Gasteiger partial charge in [0, 0.05) is 20.5 Å². The van der Waals surface area contributed by atoms with E-state index >= 15 is 0 Å². The van der Waals surface area contributed by atoms with E-state index in [-0.39, 0.29) is 29.5 Å². The van der Waals surface area contributed by atoms with Crippen molar-refractivity contribution >= 4 is 23.5 Å². The monoisotopic (exact) mass is 415 g/mol. The molecule has 1 amide bonds. The first-order valence-electron chi connectivity index (χ1n) is 8.86. The molecule has 2 rings (SSSR count). The highest BCUT2D eigenvalue weighted by atomic mass is 35.5. The molecular weight excluding hydrogens is 392 g/mol. The first kappa shape index (κ1) is 22.1. The highest BCUT2D eigenvalue weighted by Crippen LogP contribution is 2.40. The molecule has 1 aromatic rings. The molecule has 7 nitrogen and oxygen atoms in total. The minimum absolute atomic E-state index is 0.00309. The van der Waals surface area contributed by atoms with Gasteiger partial charge in [-0.15, -0.1) is 0 Å². The van der Waals surface area contributed by atoms with E-state index in [4.69, 9.17) is 16.3 Å². The third kappa shape index (κ3) is 4.79. The molecule has 0 saturated heterocycles. The molecule has 1 fully saturated rings. The molecule has 1 aliphatic carbocycles. The van der Waals surface area contributed by atoms with Gasteiger partial charge in [0.1, 0.15) is 23.3 Å². The second-order valence-electron chi connectivity index (χ2n) is 7.86. The van der Waals surface area contributed by atoms with E-state index in [1.165, 1.54) is 30.1 Å². The summed E-state index contributed by atoms with van der Waals surface area (Å²) >= 11 is 5.82. The molecule has 1 heterocycles. The number of hydrogen-bond donors (Lipinski definition) is 0. The number of halogens is 3. The Morgan fingerprint density at radius 3 is 2.64 bits per heavy atom. The van der Waals surface area contributed by atoms with E-state index in [2.05, 4.69) is 9.97 Å². The highest BCUT2D eigenvalue weighted by molar-refractivity contribution is 6.28. The summed E-state index contributed by atoms with van der Waals surface area (Å²) in [7, 11) is 2.86. The lowest BCUT2D eigenvalue weighted by molar-refractivity contribution is -0.0812. The van der Waals surface area contributed by atoms with Crippen LogP contribution in [0.2, 0.25) is 5.28 Å². The van der Waals surface area contributed by atoms with E-state index in [0.717, 1.165) is 0 Å². The average molecular weight is 416 g/mol. The van der Waals surface area contributed by atoms with Crippen LogP contribution in [0.5, 0.6) is 0 Å². The molecule has 0 aliphatic heterocycles. The smallest absolute Gasteiger partial charge is 0.410 e. The number of aromatic nitrogens is 2. The van der Waals surface area contributed by atoms with Crippen LogP contribution in [-0.2, 0) is 4.74 Å². The molecule has 0 aromatic carbocycles. The number of hydrogen-bond acceptors (Lipinski definition) is 6. The van der Waals surface area contributed by atoms with Gasteiger partial charge in [0.15, 0.2) is 5.82 Å². The predicted octanol–water partition coefficient (Wildman–Crippen LogP) is 3.86. The molecule has 2 unspecified atom stereocenters. The summed E-state index contributed by atoms with van der Waals surface area (Å²) in [6, 6.07) is -0.357. The zero-order valence-electron chi connectivity index (χ0n) is 16.5. The molecule has 1 aromatic heterocycles. The van der Waals surface area contributed by atoms with Gasteiger partial charge in [0.2, 0.25) is 5.28 Å². The zero-order chi connectivity index (χ0) is 21.3. The van der Waals surface area contributed by atoms with Gasteiger partial charge in [0.25, 0.3) is 5.92 Å². The topological polar surface area (TPSA) is 82.3 Å². The Balaban J connectivity index is 2.43. The van der Waals surface area contributed by atoms with Crippen molar-refractivity contribution in [3.63, 3.8) is 0 Å². The van der Waals surface area contributed by atoms with Gasteiger partial charge in [-0.2, -0.15) is 10.2 Å². The van der Waals surface area contributed by atoms with Gasteiger partial charge in [-0.1, -0.05) is 0 Å². The van der Waals surface area contributed by atoms with Gasteiger partial charge in [-0.25, -0.2) is 18.6 Å². The van der Waals surface area contributed by atoms with Crippen LogP contribution in [0.1, 0.15) is 45.6 Å². The second kappa shape index (κ2) is 8.03. The predicted molar refractivity (Wildman–Crippen MR) is 101 cm³/mol. The van der Waals surface area contributed by atoms with Gasteiger partial charge in [-0.05, 0) is 45.2 Å². The lowest BCUT2D eigenvalue weighted by Gasteiger charge is -2.46. The van der Waals surface area contributed by atoms with Gasteiger partial charge >= 0.3 is 6.09 Å². The molecule has 10 heteroatoms. The molecule has 0 bridgehead atoms. The maximum Gasteiger partial charge on any atom is 0.410 e. The average Bonchev–Trinajstić information content (AvgIpc) is 2.58. The summed E-state index contributed by atoms with van der Waals surface area (Å²) in [6.45, 7) is 5.12. The second-order valence-corrected chi connectivity index (χ2v) is 8.19. The Bertz CT molecular complexity index is 778. The van der Waals surface area contributed by atoms with E-state index in [9.17, 15) is 18.8 Å². The lowest BCUT2D eigenvalue weighted by Crippen LogP contribution is -2.62. The summed E-state index contributed by atoms with van der Waals surface area (Å²) in [4.78, 5) is 22.6. The van der Waals surface area contributed by atoms with Crippen molar-refractivity contribution in [2.24, 2.45) is 0 Å². The molecule has 1 saturated carbocycles. The molecule has 154 valence electrons. The van der Waals surface area contributed by atoms with Crippen molar-refractivity contribution < 1.29 is 18.3 Å². The summed E-state index contributed by atoms with van der Waals surface area (Å²) in [5.74, 6) is -3.12. The number of alkyl halides is 2. The first-order valence-corrected chi connectivity index (χ1v) is 9.24. The van der Waals surface area contributed by atoms with Crippen LogP contribution in [0, 0.1) is 11.3 Å². The fourth-order valence-corrected chi connectivity index (χ4v) is 3.51. The van der Waals surface area contributed by atoms with Crippen molar-refractivity contribution in [3.8, 4) is 6.07 Å². The minimum Gasteiger partial charge on any atom is -0.444 e. The standard InChI is InChI=1S/C18H24ClF2N5O2/c1-17(2,3)28-16(27)25(4)12-7-6-8-18(20,21)13(12)26(5)14-11(9-22)10-23-15(19)24-14/h10,12-13H,6-8H2,1-5H3. The number of likely N-dealkylation sites (N-methyl/N-ethyl adjacent to an activating group) is 2. The molecule has 1 aliphatic rings. The number of carbonyl (C=O) groups excluding carboxylic acids is 1. The summed E-state index contributed by atoms with van der Waals surface area (Å²) in [5.41, 5.74) is -0.732. The molecule has 28 heavy (non-hydrogen) atoms.